The SMILES string of the molecule is CCOC(=O)N1CCC(NC(=NC)NCc2cc(Cl)c3c(c2)OCCO3)CC1. The normalized spacial score (nSPS) is 17.2. The average Bonchev–Trinajstić information content (AvgIpc) is 2.72. The topological polar surface area (TPSA) is 84.4 Å². The summed E-state index contributed by atoms with van der Waals surface area (Å²) < 4.78 is 16.2. The molecule has 28 heavy (non-hydrogen) atoms. The van der Waals surface area contributed by atoms with E-state index < -0.39 is 0 Å². The van der Waals surface area contributed by atoms with Gasteiger partial charge < -0.3 is 29.7 Å². The number of ether oxygens (including phenoxy) is 3. The molecule has 1 aromatic carbocycles. The Labute approximate surface area is 170 Å². The van der Waals surface area contributed by atoms with Crippen LogP contribution < -0.4 is 20.1 Å². The molecular weight excluding hydrogens is 384 g/mol. The maximum atomic E-state index is 11.8. The number of halogens is 1. The van der Waals surface area contributed by atoms with E-state index in [1.807, 2.05) is 19.1 Å². The van der Waals surface area contributed by atoms with Crippen LogP contribution in [0.25, 0.3) is 0 Å². The van der Waals surface area contributed by atoms with Gasteiger partial charge in [0.05, 0.1) is 11.6 Å². The van der Waals surface area contributed by atoms with E-state index in [1.54, 1.807) is 11.9 Å². The van der Waals surface area contributed by atoms with E-state index in [2.05, 4.69) is 15.6 Å². The fraction of sp³-hybridized carbons (Fsp3) is 0.579. The van der Waals surface area contributed by atoms with Crippen molar-refractivity contribution in [2.75, 3.05) is 40.0 Å². The Bertz CT molecular complexity index is 720. The molecule has 0 atom stereocenters. The number of rotatable bonds is 4. The summed E-state index contributed by atoms with van der Waals surface area (Å²) in [5.41, 5.74) is 0.981. The standard InChI is InChI=1S/C19H27ClN4O4/c1-3-26-19(25)24-6-4-14(5-7-24)23-18(21-2)22-12-13-10-15(20)17-16(11-13)27-8-9-28-17/h10-11,14H,3-9,12H2,1-2H3,(H2,21,22,23). The number of nitrogens with one attached hydrogen (secondary N) is 2. The molecule has 1 aromatic rings. The molecule has 2 aliphatic heterocycles. The predicted octanol–water partition coefficient (Wildman–Crippen LogP) is 2.40. The Balaban J connectivity index is 1.49. The Morgan fingerprint density at radius 1 is 1.32 bits per heavy atom. The summed E-state index contributed by atoms with van der Waals surface area (Å²) in [6.07, 6.45) is 1.45. The number of amides is 1. The molecule has 0 saturated carbocycles. The molecular formula is C19H27ClN4O4. The second kappa shape index (κ2) is 9.73. The van der Waals surface area contributed by atoms with Gasteiger partial charge in [-0.3, -0.25) is 4.99 Å². The largest absolute Gasteiger partial charge is 0.486 e. The number of piperidine rings is 1. The smallest absolute Gasteiger partial charge is 0.409 e. The zero-order chi connectivity index (χ0) is 19.9. The van der Waals surface area contributed by atoms with Crippen LogP contribution in [0.4, 0.5) is 4.79 Å². The maximum absolute atomic E-state index is 11.8. The molecule has 2 N–H and O–H groups in total. The molecule has 0 bridgehead atoms. The number of hydrogen-bond donors (Lipinski definition) is 2. The second-order valence-electron chi connectivity index (χ2n) is 6.63. The summed E-state index contributed by atoms with van der Waals surface area (Å²) >= 11 is 6.29. The molecule has 2 heterocycles. The van der Waals surface area contributed by atoms with Crippen molar-refractivity contribution in [3.05, 3.63) is 22.7 Å². The maximum Gasteiger partial charge on any atom is 0.409 e. The van der Waals surface area contributed by atoms with Crippen LogP contribution in [0.5, 0.6) is 11.5 Å². The lowest BCUT2D eigenvalue weighted by atomic mass is 10.1. The minimum atomic E-state index is -0.237. The summed E-state index contributed by atoms with van der Waals surface area (Å²) in [5, 5.41) is 7.26. The van der Waals surface area contributed by atoms with E-state index in [0.717, 1.165) is 18.4 Å². The van der Waals surface area contributed by atoms with Gasteiger partial charge >= 0.3 is 6.09 Å². The highest BCUT2D eigenvalue weighted by molar-refractivity contribution is 6.32. The van der Waals surface area contributed by atoms with Crippen molar-refractivity contribution in [3.8, 4) is 11.5 Å². The van der Waals surface area contributed by atoms with E-state index in [4.69, 9.17) is 25.8 Å². The highest BCUT2D eigenvalue weighted by atomic mass is 35.5. The number of fused-ring (bicyclic) bond motifs is 1. The zero-order valence-electron chi connectivity index (χ0n) is 16.3. The second-order valence-corrected chi connectivity index (χ2v) is 7.04. The summed E-state index contributed by atoms with van der Waals surface area (Å²) in [4.78, 5) is 17.8. The van der Waals surface area contributed by atoms with E-state index in [1.165, 1.54) is 0 Å². The first-order chi connectivity index (χ1) is 13.6. The quantitative estimate of drug-likeness (QED) is 0.585. The molecule has 1 fully saturated rings. The summed E-state index contributed by atoms with van der Waals surface area (Å²) in [5.74, 6) is 1.98. The number of guanidine groups is 1. The Morgan fingerprint density at radius 3 is 2.79 bits per heavy atom. The third-order valence-corrected chi connectivity index (χ3v) is 4.98. The van der Waals surface area contributed by atoms with Crippen molar-refractivity contribution < 1.29 is 19.0 Å². The van der Waals surface area contributed by atoms with Crippen molar-refractivity contribution in [1.82, 2.24) is 15.5 Å². The lowest BCUT2D eigenvalue weighted by Crippen LogP contribution is -2.49. The van der Waals surface area contributed by atoms with Crippen molar-refractivity contribution in [2.45, 2.75) is 32.4 Å². The monoisotopic (exact) mass is 410 g/mol. The van der Waals surface area contributed by atoms with Gasteiger partial charge in [-0.25, -0.2) is 4.79 Å². The van der Waals surface area contributed by atoms with Gasteiger partial charge in [0.2, 0.25) is 0 Å². The van der Waals surface area contributed by atoms with Crippen LogP contribution in [-0.4, -0.2) is 63.0 Å². The van der Waals surface area contributed by atoms with Crippen molar-refractivity contribution in [2.24, 2.45) is 4.99 Å². The molecule has 0 aromatic heterocycles. The van der Waals surface area contributed by atoms with Gasteiger partial charge in [-0.05, 0) is 37.5 Å². The first kappa shape index (κ1) is 20.4. The summed E-state index contributed by atoms with van der Waals surface area (Å²) in [6.45, 7) is 5.15. The minimum absolute atomic E-state index is 0.237. The van der Waals surface area contributed by atoms with Gasteiger partial charge in [0, 0.05) is 32.7 Å². The van der Waals surface area contributed by atoms with Crippen LogP contribution in [0.3, 0.4) is 0 Å². The molecule has 2 aliphatic rings. The third-order valence-electron chi connectivity index (χ3n) is 4.70. The number of likely N-dealkylation sites (tertiary alicyclic amines) is 1. The number of hydrogen-bond acceptors (Lipinski definition) is 5. The Morgan fingerprint density at radius 2 is 2.07 bits per heavy atom. The number of carbonyl (C=O) groups excluding carboxylic acids is 1. The van der Waals surface area contributed by atoms with E-state index in [0.29, 0.717) is 61.9 Å². The zero-order valence-corrected chi connectivity index (χ0v) is 17.1. The van der Waals surface area contributed by atoms with Crippen LogP contribution >= 0.6 is 11.6 Å². The number of nitrogens with zero attached hydrogens (tertiary/aromatic N) is 2. The Hall–Kier alpha value is -2.35. The Kier molecular flexibility index (Phi) is 7.08. The minimum Gasteiger partial charge on any atom is -0.486 e. The van der Waals surface area contributed by atoms with Crippen LogP contribution in [0.15, 0.2) is 17.1 Å². The van der Waals surface area contributed by atoms with Crippen LogP contribution in [-0.2, 0) is 11.3 Å². The molecule has 1 saturated heterocycles. The van der Waals surface area contributed by atoms with E-state index in [-0.39, 0.29) is 12.1 Å². The van der Waals surface area contributed by atoms with Crippen LogP contribution in [0.1, 0.15) is 25.3 Å². The number of benzene rings is 1. The molecule has 8 nitrogen and oxygen atoms in total. The van der Waals surface area contributed by atoms with Crippen LogP contribution in [0.2, 0.25) is 5.02 Å². The first-order valence-corrected chi connectivity index (χ1v) is 9.95. The van der Waals surface area contributed by atoms with Gasteiger partial charge in [0.1, 0.15) is 13.2 Å². The average molecular weight is 411 g/mol. The van der Waals surface area contributed by atoms with Gasteiger partial charge in [-0.1, -0.05) is 11.6 Å². The van der Waals surface area contributed by atoms with Crippen molar-refractivity contribution >= 4 is 23.7 Å². The van der Waals surface area contributed by atoms with Crippen molar-refractivity contribution in [3.63, 3.8) is 0 Å². The van der Waals surface area contributed by atoms with E-state index >= 15 is 0 Å². The molecule has 154 valence electrons. The highest BCUT2D eigenvalue weighted by Crippen LogP contribution is 2.38. The lowest BCUT2D eigenvalue weighted by Gasteiger charge is -2.32. The summed E-state index contributed by atoms with van der Waals surface area (Å²) in [7, 11) is 1.74. The number of carbonyl (C=O) groups is 1. The van der Waals surface area contributed by atoms with Crippen LogP contribution in [0, 0.1) is 0 Å². The fourth-order valence-electron chi connectivity index (χ4n) is 3.26. The molecule has 3 rings (SSSR count). The highest BCUT2D eigenvalue weighted by Gasteiger charge is 2.24. The van der Waals surface area contributed by atoms with Gasteiger partial charge in [-0.15, -0.1) is 0 Å². The lowest BCUT2D eigenvalue weighted by molar-refractivity contribution is 0.0963. The van der Waals surface area contributed by atoms with Gasteiger partial charge in [0.15, 0.2) is 17.5 Å². The van der Waals surface area contributed by atoms with E-state index in [9.17, 15) is 4.79 Å². The molecule has 0 unspecified atom stereocenters. The molecule has 1 amide bonds. The first-order valence-electron chi connectivity index (χ1n) is 9.57. The van der Waals surface area contributed by atoms with Gasteiger partial charge in [0.25, 0.3) is 0 Å². The molecule has 0 spiro atoms. The van der Waals surface area contributed by atoms with Crippen molar-refractivity contribution in [1.29, 1.82) is 0 Å². The molecule has 0 aliphatic carbocycles. The molecule has 0 radical (unpaired) electrons. The number of aliphatic imine (C=N–C) groups is 1. The predicted molar refractivity (Wildman–Crippen MR) is 107 cm³/mol. The molecule has 9 heteroatoms. The fourth-order valence-corrected chi connectivity index (χ4v) is 3.55. The third kappa shape index (κ3) is 5.13. The van der Waals surface area contributed by atoms with Gasteiger partial charge in [-0.2, -0.15) is 0 Å². The summed E-state index contributed by atoms with van der Waals surface area (Å²) in [6, 6.07) is 4.05.